The van der Waals surface area contributed by atoms with Crippen molar-refractivity contribution in [2.45, 2.75) is 6.54 Å². The van der Waals surface area contributed by atoms with E-state index >= 15 is 0 Å². The Morgan fingerprint density at radius 1 is 1.26 bits per heavy atom. The Bertz CT molecular complexity index is 590. The molecule has 100 valence electrons. The standard InChI is InChI=1S/C14H13BrFNO2/c1-19-14-5-2-9(6-13(14)18)8-17-12-4-3-10(15)7-11(12)16/h2-7,17-18H,8H2,1H3. The van der Waals surface area contributed by atoms with Crippen LogP contribution in [0, 0.1) is 5.82 Å². The van der Waals surface area contributed by atoms with Crippen LogP contribution in [0.25, 0.3) is 0 Å². The van der Waals surface area contributed by atoms with E-state index in [4.69, 9.17) is 4.74 Å². The van der Waals surface area contributed by atoms with Crippen LogP contribution in [0.2, 0.25) is 0 Å². The third-order valence-electron chi connectivity index (χ3n) is 2.66. The highest BCUT2D eigenvalue weighted by molar-refractivity contribution is 9.10. The van der Waals surface area contributed by atoms with Crippen LogP contribution in [0.3, 0.4) is 0 Å². The molecule has 2 aromatic rings. The SMILES string of the molecule is COc1ccc(CNc2ccc(Br)cc2F)cc1O. The fraction of sp³-hybridized carbons (Fsp3) is 0.143. The minimum atomic E-state index is -0.327. The summed E-state index contributed by atoms with van der Waals surface area (Å²) in [6.45, 7) is 0.413. The topological polar surface area (TPSA) is 41.5 Å². The van der Waals surface area contributed by atoms with E-state index < -0.39 is 0 Å². The predicted molar refractivity (Wildman–Crippen MR) is 76.1 cm³/mol. The number of anilines is 1. The molecular formula is C14H13BrFNO2. The van der Waals surface area contributed by atoms with Crippen molar-refractivity contribution in [2.75, 3.05) is 12.4 Å². The van der Waals surface area contributed by atoms with Crippen molar-refractivity contribution in [3.63, 3.8) is 0 Å². The number of hydrogen-bond donors (Lipinski definition) is 2. The highest BCUT2D eigenvalue weighted by Gasteiger charge is 2.05. The van der Waals surface area contributed by atoms with Gasteiger partial charge in [-0.05, 0) is 35.9 Å². The highest BCUT2D eigenvalue weighted by atomic mass is 79.9. The maximum atomic E-state index is 13.6. The summed E-state index contributed by atoms with van der Waals surface area (Å²) < 4.78 is 19.2. The van der Waals surface area contributed by atoms with Gasteiger partial charge in [0.2, 0.25) is 0 Å². The predicted octanol–water partition coefficient (Wildman–Crippen LogP) is 3.91. The van der Waals surface area contributed by atoms with Gasteiger partial charge in [-0.1, -0.05) is 22.0 Å². The summed E-state index contributed by atoms with van der Waals surface area (Å²) in [4.78, 5) is 0. The molecule has 2 rings (SSSR count). The van der Waals surface area contributed by atoms with Crippen LogP contribution < -0.4 is 10.1 Å². The van der Waals surface area contributed by atoms with Crippen LogP contribution in [0.1, 0.15) is 5.56 Å². The third-order valence-corrected chi connectivity index (χ3v) is 3.15. The summed E-state index contributed by atoms with van der Waals surface area (Å²) in [6, 6.07) is 9.88. The molecule has 0 fully saturated rings. The molecule has 2 aromatic carbocycles. The lowest BCUT2D eigenvalue weighted by atomic mass is 10.2. The Morgan fingerprint density at radius 2 is 2.05 bits per heavy atom. The Labute approximate surface area is 119 Å². The smallest absolute Gasteiger partial charge is 0.160 e. The van der Waals surface area contributed by atoms with Crippen LogP contribution in [0.15, 0.2) is 40.9 Å². The second-order valence-electron chi connectivity index (χ2n) is 3.98. The van der Waals surface area contributed by atoms with Crippen molar-refractivity contribution in [2.24, 2.45) is 0 Å². The number of phenols is 1. The fourth-order valence-corrected chi connectivity index (χ4v) is 2.01. The number of ether oxygens (including phenoxy) is 1. The van der Waals surface area contributed by atoms with Crippen molar-refractivity contribution in [1.82, 2.24) is 0 Å². The highest BCUT2D eigenvalue weighted by Crippen LogP contribution is 2.27. The van der Waals surface area contributed by atoms with Crippen LogP contribution >= 0.6 is 15.9 Å². The monoisotopic (exact) mass is 325 g/mol. The van der Waals surface area contributed by atoms with Crippen LogP contribution in [-0.4, -0.2) is 12.2 Å². The maximum Gasteiger partial charge on any atom is 0.160 e. The number of methoxy groups -OCH3 is 1. The molecule has 3 nitrogen and oxygen atoms in total. The van der Waals surface area contributed by atoms with Crippen molar-refractivity contribution in [1.29, 1.82) is 0 Å². The lowest BCUT2D eigenvalue weighted by molar-refractivity contribution is 0.373. The molecule has 0 bridgehead atoms. The quantitative estimate of drug-likeness (QED) is 0.895. The molecule has 2 N–H and O–H groups in total. The minimum absolute atomic E-state index is 0.0677. The first-order chi connectivity index (χ1) is 9.10. The van der Waals surface area contributed by atoms with Crippen molar-refractivity contribution < 1.29 is 14.2 Å². The molecule has 5 heteroatoms. The first-order valence-electron chi connectivity index (χ1n) is 5.65. The van der Waals surface area contributed by atoms with E-state index in [9.17, 15) is 9.50 Å². The largest absolute Gasteiger partial charge is 0.504 e. The van der Waals surface area contributed by atoms with E-state index in [0.29, 0.717) is 22.5 Å². The van der Waals surface area contributed by atoms with Gasteiger partial charge in [0.25, 0.3) is 0 Å². The number of benzene rings is 2. The number of nitrogens with one attached hydrogen (secondary N) is 1. The molecule has 0 heterocycles. The van der Waals surface area contributed by atoms with Crippen molar-refractivity contribution in [3.05, 3.63) is 52.3 Å². The molecule has 0 radical (unpaired) electrons. The average molecular weight is 326 g/mol. The van der Waals surface area contributed by atoms with E-state index in [1.54, 1.807) is 24.3 Å². The number of aromatic hydroxyl groups is 1. The van der Waals surface area contributed by atoms with Gasteiger partial charge in [0, 0.05) is 11.0 Å². The Morgan fingerprint density at radius 3 is 2.68 bits per heavy atom. The lowest BCUT2D eigenvalue weighted by Crippen LogP contribution is -2.01. The average Bonchev–Trinajstić information content (AvgIpc) is 2.38. The van der Waals surface area contributed by atoms with Crippen LogP contribution in [0.5, 0.6) is 11.5 Å². The third kappa shape index (κ3) is 3.38. The maximum absolute atomic E-state index is 13.6. The van der Waals surface area contributed by atoms with Crippen LogP contribution in [-0.2, 0) is 6.54 Å². The zero-order chi connectivity index (χ0) is 13.8. The van der Waals surface area contributed by atoms with Gasteiger partial charge in [0.05, 0.1) is 12.8 Å². The van der Waals surface area contributed by atoms with E-state index in [1.807, 2.05) is 6.07 Å². The number of rotatable bonds is 4. The van der Waals surface area contributed by atoms with Gasteiger partial charge in [0.15, 0.2) is 11.5 Å². The Balaban J connectivity index is 2.08. The van der Waals surface area contributed by atoms with E-state index in [1.165, 1.54) is 13.2 Å². The lowest BCUT2D eigenvalue weighted by Gasteiger charge is -2.09. The summed E-state index contributed by atoms with van der Waals surface area (Å²) in [6.07, 6.45) is 0. The normalized spacial score (nSPS) is 10.3. The van der Waals surface area contributed by atoms with Crippen LogP contribution in [0.4, 0.5) is 10.1 Å². The first-order valence-corrected chi connectivity index (χ1v) is 6.44. The Hall–Kier alpha value is -1.75. The molecule has 0 amide bonds. The molecule has 0 saturated heterocycles. The summed E-state index contributed by atoms with van der Waals surface area (Å²) >= 11 is 3.20. The van der Waals surface area contributed by atoms with Crippen molar-refractivity contribution >= 4 is 21.6 Å². The Kier molecular flexibility index (Phi) is 4.27. The number of halogens is 2. The minimum Gasteiger partial charge on any atom is -0.504 e. The molecule has 19 heavy (non-hydrogen) atoms. The van der Waals surface area contributed by atoms with Crippen molar-refractivity contribution in [3.8, 4) is 11.5 Å². The molecule has 0 saturated carbocycles. The number of hydrogen-bond acceptors (Lipinski definition) is 3. The molecule has 0 atom stereocenters. The number of phenolic OH excluding ortho intramolecular Hbond substituents is 1. The van der Waals surface area contributed by atoms with Gasteiger partial charge in [-0.3, -0.25) is 0 Å². The zero-order valence-electron chi connectivity index (χ0n) is 10.3. The van der Waals surface area contributed by atoms with E-state index in [-0.39, 0.29) is 11.6 Å². The zero-order valence-corrected chi connectivity index (χ0v) is 11.9. The summed E-state index contributed by atoms with van der Waals surface area (Å²) in [5, 5.41) is 12.6. The molecule has 0 unspecified atom stereocenters. The summed E-state index contributed by atoms with van der Waals surface area (Å²) in [5.74, 6) is 0.156. The molecule has 0 aliphatic carbocycles. The van der Waals surface area contributed by atoms with Gasteiger partial charge in [0.1, 0.15) is 5.82 Å². The second kappa shape index (κ2) is 5.93. The summed E-state index contributed by atoms with van der Waals surface area (Å²) in [5.41, 5.74) is 1.25. The van der Waals surface area contributed by atoms with E-state index in [0.717, 1.165) is 5.56 Å². The van der Waals surface area contributed by atoms with Gasteiger partial charge in [-0.25, -0.2) is 4.39 Å². The van der Waals surface area contributed by atoms with Gasteiger partial charge in [-0.15, -0.1) is 0 Å². The summed E-state index contributed by atoms with van der Waals surface area (Å²) in [7, 11) is 1.49. The molecule has 0 aliphatic rings. The molecule has 0 aromatic heterocycles. The van der Waals surface area contributed by atoms with Gasteiger partial charge in [-0.2, -0.15) is 0 Å². The fourth-order valence-electron chi connectivity index (χ4n) is 1.68. The molecule has 0 aliphatic heterocycles. The van der Waals surface area contributed by atoms with Gasteiger partial charge >= 0.3 is 0 Å². The second-order valence-corrected chi connectivity index (χ2v) is 4.90. The van der Waals surface area contributed by atoms with Gasteiger partial charge < -0.3 is 15.2 Å². The molecular weight excluding hydrogens is 313 g/mol. The van der Waals surface area contributed by atoms with E-state index in [2.05, 4.69) is 21.2 Å². The first kappa shape index (κ1) is 13.7. The molecule has 0 spiro atoms.